The van der Waals surface area contributed by atoms with E-state index < -0.39 is 11.7 Å². The van der Waals surface area contributed by atoms with E-state index in [0.717, 1.165) is 60.8 Å². The molecule has 1 N–H and O–H groups in total. The molecule has 1 aliphatic heterocycles. The Kier molecular flexibility index (Phi) is 8.49. The van der Waals surface area contributed by atoms with Crippen LogP contribution in [0.3, 0.4) is 0 Å². The number of aryl methyl sites for hydroxylation is 1. The zero-order chi connectivity index (χ0) is 29.0. The van der Waals surface area contributed by atoms with Gasteiger partial charge in [-0.2, -0.15) is 13.2 Å². The molecule has 5 rings (SSSR count). The van der Waals surface area contributed by atoms with Gasteiger partial charge in [0.15, 0.2) is 0 Å². The number of anilines is 3. The first kappa shape index (κ1) is 28.5. The summed E-state index contributed by atoms with van der Waals surface area (Å²) >= 11 is 0. The highest BCUT2D eigenvalue weighted by Crippen LogP contribution is 2.31. The third kappa shape index (κ3) is 7.18. The topological polar surface area (TPSA) is 70.1 Å². The zero-order valence-corrected chi connectivity index (χ0v) is 23.4. The quantitative estimate of drug-likeness (QED) is 0.251. The van der Waals surface area contributed by atoms with Crippen LogP contribution in [-0.2, 0) is 12.7 Å². The number of hydrogen-bond acceptors (Lipinski definition) is 7. The summed E-state index contributed by atoms with van der Waals surface area (Å²) in [6.45, 7) is 8.82. The van der Waals surface area contributed by atoms with Gasteiger partial charge < -0.3 is 10.2 Å². The van der Waals surface area contributed by atoms with E-state index in [9.17, 15) is 13.2 Å². The van der Waals surface area contributed by atoms with Crippen LogP contribution in [-0.4, -0.2) is 50.0 Å². The van der Waals surface area contributed by atoms with E-state index in [1.807, 2.05) is 37.4 Å². The normalized spacial score (nSPS) is 16.1. The van der Waals surface area contributed by atoms with Crippen molar-refractivity contribution in [1.29, 1.82) is 0 Å². The van der Waals surface area contributed by atoms with Crippen molar-refractivity contribution in [3.05, 3.63) is 90.0 Å². The summed E-state index contributed by atoms with van der Waals surface area (Å²) in [5.74, 6) is 1.28. The van der Waals surface area contributed by atoms with Crippen LogP contribution in [0.5, 0.6) is 0 Å². The van der Waals surface area contributed by atoms with E-state index in [2.05, 4.69) is 43.9 Å². The Morgan fingerprint density at radius 2 is 1.78 bits per heavy atom. The monoisotopic (exact) mass is 561 g/mol. The van der Waals surface area contributed by atoms with Gasteiger partial charge in [0.25, 0.3) is 0 Å². The molecule has 7 nitrogen and oxygen atoms in total. The molecule has 41 heavy (non-hydrogen) atoms. The van der Waals surface area contributed by atoms with Gasteiger partial charge in [0, 0.05) is 60.7 Å². The van der Waals surface area contributed by atoms with E-state index in [1.165, 1.54) is 12.1 Å². The molecule has 0 unspecified atom stereocenters. The number of piperidine rings is 1. The molecule has 1 aromatic carbocycles. The van der Waals surface area contributed by atoms with Crippen molar-refractivity contribution in [2.75, 3.05) is 23.3 Å². The summed E-state index contributed by atoms with van der Waals surface area (Å²) in [5.41, 5.74) is 3.35. The third-order valence-corrected chi connectivity index (χ3v) is 7.35. The SMILES string of the molecule is Cc1cc(Nc2ccc(CN(c3nccc(-c4ccc(C(F)(F)F)cc4)n3)[C@H]3CCCN(C(C)C)C3)cn2)ccn1. The lowest BCUT2D eigenvalue weighted by Gasteiger charge is -2.41. The van der Waals surface area contributed by atoms with Gasteiger partial charge in [-0.15, -0.1) is 0 Å². The number of benzene rings is 1. The van der Waals surface area contributed by atoms with Gasteiger partial charge in [0.05, 0.1) is 11.3 Å². The molecule has 3 aromatic heterocycles. The van der Waals surface area contributed by atoms with Gasteiger partial charge in [-0.3, -0.25) is 9.88 Å². The number of pyridine rings is 2. The highest BCUT2D eigenvalue weighted by molar-refractivity contribution is 5.61. The van der Waals surface area contributed by atoms with Gasteiger partial charge in [-0.1, -0.05) is 18.2 Å². The number of halogens is 3. The molecule has 0 aliphatic carbocycles. The van der Waals surface area contributed by atoms with Gasteiger partial charge in [-0.05, 0) is 82.1 Å². The molecule has 214 valence electrons. The molecule has 4 aromatic rings. The minimum Gasteiger partial charge on any atom is -0.340 e. The highest BCUT2D eigenvalue weighted by atomic mass is 19.4. The van der Waals surface area contributed by atoms with Gasteiger partial charge in [0.1, 0.15) is 5.82 Å². The molecule has 1 fully saturated rings. The molecule has 4 heterocycles. The minimum atomic E-state index is -4.38. The summed E-state index contributed by atoms with van der Waals surface area (Å²) < 4.78 is 39.3. The van der Waals surface area contributed by atoms with E-state index in [4.69, 9.17) is 4.98 Å². The van der Waals surface area contributed by atoms with Crippen molar-refractivity contribution in [2.45, 2.75) is 58.4 Å². The first-order valence-corrected chi connectivity index (χ1v) is 13.8. The first-order chi connectivity index (χ1) is 19.7. The smallest absolute Gasteiger partial charge is 0.340 e. The van der Waals surface area contributed by atoms with E-state index in [0.29, 0.717) is 29.8 Å². The lowest BCUT2D eigenvalue weighted by Crippen LogP contribution is -2.50. The van der Waals surface area contributed by atoms with Crippen LogP contribution in [0, 0.1) is 6.92 Å². The van der Waals surface area contributed by atoms with Gasteiger partial charge in [0.2, 0.25) is 5.95 Å². The van der Waals surface area contributed by atoms with E-state index in [1.54, 1.807) is 18.5 Å². The molecular weight excluding hydrogens is 527 g/mol. The second-order valence-corrected chi connectivity index (χ2v) is 10.7. The summed E-state index contributed by atoms with van der Waals surface area (Å²) in [7, 11) is 0. The van der Waals surface area contributed by atoms with Crippen LogP contribution in [0.4, 0.5) is 30.6 Å². The summed E-state index contributed by atoms with van der Waals surface area (Å²) in [4.78, 5) is 23.0. The molecule has 0 bridgehead atoms. The Morgan fingerprint density at radius 1 is 1.00 bits per heavy atom. The fourth-order valence-electron chi connectivity index (χ4n) is 5.11. The molecule has 1 atom stereocenters. The Hall–Kier alpha value is -4.05. The fourth-order valence-corrected chi connectivity index (χ4v) is 5.11. The Morgan fingerprint density at radius 3 is 2.46 bits per heavy atom. The fraction of sp³-hybridized carbons (Fsp3) is 0.355. The van der Waals surface area contributed by atoms with Crippen LogP contribution in [0.15, 0.2) is 73.2 Å². The lowest BCUT2D eigenvalue weighted by molar-refractivity contribution is -0.137. The maximum Gasteiger partial charge on any atom is 0.416 e. The van der Waals surface area contributed by atoms with Crippen LogP contribution < -0.4 is 10.2 Å². The molecule has 10 heteroatoms. The second kappa shape index (κ2) is 12.2. The summed E-state index contributed by atoms with van der Waals surface area (Å²) in [6.07, 6.45) is 2.95. The maximum atomic E-state index is 13.1. The average molecular weight is 562 g/mol. The summed E-state index contributed by atoms with van der Waals surface area (Å²) in [6, 6.07) is 15.3. The van der Waals surface area contributed by atoms with Crippen molar-refractivity contribution in [3.8, 4) is 11.3 Å². The second-order valence-electron chi connectivity index (χ2n) is 10.7. The van der Waals surface area contributed by atoms with Crippen molar-refractivity contribution < 1.29 is 13.2 Å². The average Bonchev–Trinajstić information content (AvgIpc) is 2.96. The zero-order valence-electron chi connectivity index (χ0n) is 23.4. The lowest BCUT2D eigenvalue weighted by atomic mass is 10.0. The van der Waals surface area contributed by atoms with Crippen molar-refractivity contribution in [1.82, 2.24) is 24.8 Å². The Bertz CT molecular complexity index is 1440. The van der Waals surface area contributed by atoms with Crippen LogP contribution in [0.1, 0.15) is 43.5 Å². The standard InChI is InChI=1S/C31H34F3N7/c1-21(2)40-16-4-5-27(20-40)41(19-23-6-11-29(37-18-23)38-26-12-14-35-22(3)17-26)30-36-15-13-28(39-30)24-7-9-25(10-8-24)31(32,33)34/h6-15,17-18,21,27H,4-5,16,19-20H2,1-3H3,(H,35,37,38)/t27-/m0/s1. The number of likely N-dealkylation sites (tertiary alicyclic amines) is 1. The van der Waals surface area contributed by atoms with Gasteiger partial charge in [-0.25, -0.2) is 15.0 Å². The minimum absolute atomic E-state index is 0.173. The molecular formula is C31H34F3N7. The predicted octanol–water partition coefficient (Wildman–Crippen LogP) is 6.88. The van der Waals surface area contributed by atoms with E-state index in [-0.39, 0.29) is 6.04 Å². The predicted molar refractivity (Wildman–Crippen MR) is 155 cm³/mol. The number of hydrogen-bond donors (Lipinski definition) is 1. The van der Waals surface area contributed by atoms with Gasteiger partial charge >= 0.3 is 6.18 Å². The summed E-state index contributed by atoms with van der Waals surface area (Å²) in [5, 5.41) is 3.31. The Labute approximate surface area is 238 Å². The third-order valence-electron chi connectivity index (χ3n) is 7.35. The highest BCUT2D eigenvalue weighted by Gasteiger charge is 2.31. The molecule has 0 amide bonds. The number of nitrogens with one attached hydrogen (secondary N) is 1. The van der Waals surface area contributed by atoms with E-state index >= 15 is 0 Å². The number of nitrogens with zero attached hydrogens (tertiary/aromatic N) is 6. The van der Waals surface area contributed by atoms with Crippen LogP contribution >= 0.6 is 0 Å². The number of aromatic nitrogens is 4. The van der Waals surface area contributed by atoms with Crippen molar-refractivity contribution in [3.63, 3.8) is 0 Å². The maximum absolute atomic E-state index is 13.1. The number of alkyl halides is 3. The van der Waals surface area contributed by atoms with Crippen LogP contribution in [0.2, 0.25) is 0 Å². The van der Waals surface area contributed by atoms with Crippen molar-refractivity contribution in [2.24, 2.45) is 0 Å². The van der Waals surface area contributed by atoms with Crippen LogP contribution in [0.25, 0.3) is 11.3 Å². The molecule has 0 saturated carbocycles. The molecule has 1 aliphatic rings. The molecule has 1 saturated heterocycles. The largest absolute Gasteiger partial charge is 0.416 e. The first-order valence-electron chi connectivity index (χ1n) is 13.8. The molecule has 0 radical (unpaired) electrons. The van der Waals surface area contributed by atoms with Crippen molar-refractivity contribution >= 4 is 17.5 Å². The number of rotatable bonds is 8. The molecule has 0 spiro atoms. The Balaban J connectivity index is 1.41.